The fraction of sp³-hybridized carbons (Fsp3) is 0.400. The van der Waals surface area contributed by atoms with Crippen molar-refractivity contribution >= 4 is 0 Å². The van der Waals surface area contributed by atoms with Gasteiger partial charge in [-0.15, -0.1) is 0 Å². The summed E-state index contributed by atoms with van der Waals surface area (Å²) in [5, 5.41) is 0. The largest absolute Gasteiger partial charge is 0.491 e. The predicted molar refractivity (Wildman–Crippen MR) is 91.4 cm³/mol. The second-order valence-electron chi connectivity index (χ2n) is 5.43. The lowest BCUT2D eigenvalue weighted by Gasteiger charge is -2.13. The van der Waals surface area contributed by atoms with Crippen molar-refractivity contribution in [3.63, 3.8) is 0 Å². The number of hydrogen-bond donors (Lipinski definition) is 0. The maximum atomic E-state index is 5.90. The van der Waals surface area contributed by atoms with Gasteiger partial charge in [-0.1, -0.05) is 62.7 Å². The molecule has 2 nitrogen and oxygen atoms in total. The molecule has 0 atom stereocenters. The van der Waals surface area contributed by atoms with Crippen LogP contribution in [-0.2, 0) is 24.2 Å². The first kappa shape index (κ1) is 16.6. The summed E-state index contributed by atoms with van der Waals surface area (Å²) in [6.07, 6.45) is 3.26. The number of aryl methyl sites for hydroxylation is 2. The van der Waals surface area contributed by atoms with E-state index in [4.69, 9.17) is 9.47 Å². The highest BCUT2D eigenvalue weighted by molar-refractivity contribution is 5.37. The highest BCUT2D eigenvalue weighted by Gasteiger charge is 2.04. The lowest BCUT2D eigenvalue weighted by Crippen LogP contribution is -2.08. The second kappa shape index (κ2) is 9.26. The molecule has 0 N–H and O–H groups in total. The Bertz CT molecular complexity index is 549. The maximum absolute atomic E-state index is 5.90. The van der Waals surface area contributed by atoms with E-state index in [2.05, 4.69) is 44.2 Å². The minimum atomic E-state index is 0.592. The molecule has 0 aromatic heterocycles. The topological polar surface area (TPSA) is 18.5 Å². The Kier molecular flexibility index (Phi) is 6.98. The normalized spacial score (nSPS) is 10.6. The van der Waals surface area contributed by atoms with Gasteiger partial charge in [0.25, 0.3) is 0 Å². The zero-order chi connectivity index (χ0) is 15.6. The molecule has 0 saturated carbocycles. The third-order valence-electron chi connectivity index (χ3n) is 3.65. The molecule has 0 radical (unpaired) electrons. The molecule has 2 aromatic rings. The third kappa shape index (κ3) is 5.19. The van der Waals surface area contributed by atoms with Gasteiger partial charge in [0.15, 0.2) is 0 Å². The van der Waals surface area contributed by atoms with Crippen molar-refractivity contribution < 1.29 is 9.47 Å². The van der Waals surface area contributed by atoms with E-state index in [0.717, 1.165) is 25.0 Å². The fourth-order valence-corrected chi connectivity index (χ4v) is 2.43. The quantitative estimate of drug-likeness (QED) is 0.619. The molecule has 22 heavy (non-hydrogen) atoms. The molecule has 0 bridgehead atoms. The number of hydrogen-bond acceptors (Lipinski definition) is 2. The molecule has 0 spiro atoms. The van der Waals surface area contributed by atoms with E-state index in [9.17, 15) is 0 Å². The van der Waals surface area contributed by atoms with Crippen LogP contribution in [0.5, 0.6) is 5.75 Å². The third-order valence-corrected chi connectivity index (χ3v) is 3.65. The molecule has 0 saturated heterocycles. The monoisotopic (exact) mass is 298 g/mol. The summed E-state index contributed by atoms with van der Waals surface area (Å²) in [7, 11) is 0. The summed E-state index contributed by atoms with van der Waals surface area (Å²) in [6.45, 7) is 6.22. The molecule has 0 aliphatic rings. The Morgan fingerprint density at radius 2 is 1.68 bits per heavy atom. The van der Waals surface area contributed by atoms with Gasteiger partial charge in [0.05, 0.1) is 13.2 Å². The summed E-state index contributed by atoms with van der Waals surface area (Å²) in [6, 6.07) is 16.7. The van der Waals surface area contributed by atoms with Crippen molar-refractivity contribution in [3.05, 3.63) is 65.2 Å². The van der Waals surface area contributed by atoms with Crippen LogP contribution in [0.4, 0.5) is 0 Å². The van der Waals surface area contributed by atoms with Gasteiger partial charge in [-0.2, -0.15) is 0 Å². The Labute approximate surface area is 134 Å². The van der Waals surface area contributed by atoms with Crippen molar-refractivity contribution in [3.8, 4) is 5.75 Å². The van der Waals surface area contributed by atoms with E-state index in [1.807, 2.05) is 18.2 Å². The Morgan fingerprint density at radius 1 is 0.864 bits per heavy atom. The van der Waals surface area contributed by atoms with Crippen LogP contribution in [0.25, 0.3) is 0 Å². The van der Waals surface area contributed by atoms with Crippen LogP contribution in [0.3, 0.4) is 0 Å². The minimum Gasteiger partial charge on any atom is -0.491 e. The summed E-state index contributed by atoms with van der Waals surface area (Å²) in [5.74, 6) is 1.00. The molecule has 0 unspecified atom stereocenters. The van der Waals surface area contributed by atoms with Gasteiger partial charge < -0.3 is 9.47 Å². The predicted octanol–water partition coefficient (Wildman–Crippen LogP) is 4.80. The first-order chi connectivity index (χ1) is 10.8. The van der Waals surface area contributed by atoms with Crippen LogP contribution in [0, 0.1) is 0 Å². The Balaban J connectivity index is 1.78. The summed E-state index contributed by atoms with van der Waals surface area (Å²) < 4.78 is 11.6. The molecule has 0 heterocycles. The average molecular weight is 298 g/mol. The van der Waals surface area contributed by atoms with Crippen molar-refractivity contribution in [2.75, 3.05) is 13.2 Å². The number of benzene rings is 2. The van der Waals surface area contributed by atoms with Crippen LogP contribution in [0.15, 0.2) is 48.5 Å². The number of ether oxygens (including phenoxy) is 2. The van der Waals surface area contributed by atoms with Crippen LogP contribution < -0.4 is 4.74 Å². The fourth-order valence-electron chi connectivity index (χ4n) is 2.43. The van der Waals surface area contributed by atoms with E-state index < -0.39 is 0 Å². The van der Waals surface area contributed by atoms with E-state index in [1.165, 1.54) is 16.7 Å². The van der Waals surface area contributed by atoms with E-state index >= 15 is 0 Å². The lowest BCUT2D eigenvalue weighted by atomic mass is 10.0. The molecule has 0 aliphatic carbocycles. The van der Waals surface area contributed by atoms with Gasteiger partial charge in [-0.05, 0) is 35.6 Å². The van der Waals surface area contributed by atoms with Crippen LogP contribution in [-0.4, -0.2) is 13.2 Å². The van der Waals surface area contributed by atoms with Crippen LogP contribution in [0.2, 0.25) is 0 Å². The first-order valence-electron chi connectivity index (χ1n) is 8.19. The molecular weight excluding hydrogens is 272 g/mol. The van der Waals surface area contributed by atoms with Crippen molar-refractivity contribution in [1.29, 1.82) is 0 Å². The zero-order valence-electron chi connectivity index (χ0n) is 13.7. The standard InChI is InChI=1S/C20H26O2/c1-3-8-19-15-17(4-2)11-12-20(19)22-14-13-21-16-18-9-6-5-7-10-18/h5-7,9-12,15H,3-4,8,13-14,16H2,1-2H3. The minimum absolute atomic E-state index is 0.592. The Hall–Kier alpha value is -1.80. The summed E-state index contributed by atoms with van der Waals surface area (Å²) in [5.41, 5.74) is 3.88. The zero-order valence-corrected chi connectivity index (χ0v) is 13.7. The molecule has 2 aromatic carbocycles. The van der Waals surface area contributed by atoms with Crippen molar-refractivity contribution in [1.82, 2.24) is 0 Å². The van der Waals surface area contributed by atoms with Crippen LogP contribution in [0.1, 0.15) is 37.0 Å². The van der Waals surface area contributed by atoms with E-state index in [1.54, 1.807) is 0 Å². The molecule has 0 aliphatic heterocycles. The SMILES string of the molecule is CCCc1cc(CC)ccc1OCCOCc1ccccc1. The van der Waals surface area contributed by atoms with Gasteiger partial charge in [-0.25, -0.2) is 0 Å². The molecule has 0 amide bonds. The Morgan fingerprint density at radius 3 is 2.41 bits per heavy atom. The molecule has 2 heteroatoms. The highest BCUT2D eigenvalue weighted by Crippen LogP contribution is 2.22. The summed E-state index contributed by atoms with van der Waals surface area (Å²) >= 11 is 0. The molecule has 0 fully saturated rings. The maximum Gasteiger partial charge on any atom is 0.122 e. The molecule has 118 valence electrons. The van der Waals surface area contributed by atoms with E-state index in [-0.39, 0.29) is 0 Å². The van der Waals surface area contributed by atoms with Gasteiger partial charge in [-0.3, -0.25) is 0 Å². The van der Waals surface area contributed by atoms with Crippen molar-refractivity contribution in [2.24, 2.45) is 0 Å². The smallest absolute Gasteiger partial charge is 0.122 e. The van der Waals surface area contributed by atoms with Gasteiger partial charge >= 0.3 is 0 Å². The average Bonchev–Trinajstić information content (AvgIpc) is 2.57. The summed E-state index contributed by atoms with van der Waals surface area (Å²) in [4.78, 5) is 0. The first-order valence-corrected chi connectivity index (χ1v) is 8.19. The molecule has 2 rings (SSSR count). The van der Waals surface area contributed by atoms with Gasteiger partial charge in [0.2, 0.25) is 0 Å². The second-order valence-corrected chi connectivity index (χ2v) is 5.43. The van der Waals surface area contributed by atoms with Crippen molar-refractivity contribution in [2.45, 2.75) is 39.7 Å². The van der Waals surface area contributed by atoms with Gasteiger partial charge in [0, 0.05) is 0 Å². The van der Waals surface area contributed by atoms with Crippen LogP contribution >= 0.6 is 0 Å². The highest BCUT2D eigenvalue weighted by atomic mass is 16.5. The lowest BCUT2D eigenvalue weighted by molar-refractivity contribution is 0.0886. The number of rotatable bonds is 9. The molecular formula is C20H26O2. The van der Waals surface area contributed by atoms with Gasteiger partial charge in [0.1, 0.15) is 12.4 Å². The van der Waals surface area contributed by atoms with E-state index in [0.29, 0.717) is 19.8 Å².